The van der Waals surface area contributed by atoms with Crippen LogP contribution in [0.2, 0.25) is 0 Å². The molecule has 0 bridgehead atoms. The molecule has 2 aromatic rings. The molecule has 1 saturated heterocycles. The van der Waals surface area contributed by atoms with E-state index in [4.69, 9.17) is 9.47 Å². The van der Waals surface area contributed by atoms with Crippen molar-refractivity contribution in [2.24, 2.45) is 0 Å². The van der Waals surface area contributed by atoms with Gasteiger partial charge in [0.05, 0.1) is 12.9 Å². The van der Waals surface area contributed by atoms with Gasteiger partial charge in [0.25, 0.3) is 11.8 Å². The number of alkyl halides is 3. The molecule has 0 spiro atoms. The molecule has 2 atom stereocenters. The summed E-state index contributed by atoms with van der Waals surface area (Å²) in [5.74, 6) is -3.62. The number of amides is 2. The predicted molar refractivity (Wildman–Crippen MR) is 127 cm³/mol. The first-order valence-electron chi connectivity index (χ1n) is 10.8. The van der Waals surface area contributed by atoms with E-state index < -0.39 is 62.0 Å². The third-order valence-corrected chi connectivity index (χ3v) is 7.71. The fourth-order valence-corrected chi connectivity index (χ4v) is 5.40. The summed E-state index contributed by atoms with van der Waals surface area (Å²) >= 11 is 0.815. The van der Waals surface area contributed by atoms with Crippen molar-refractivity contribution in [2.45, 2.75) is 23.5 Å². The molecule has 0 aromatic heterocycles. The smallest absolute Gasteiger partial charge is 0.497 e. The Morgan fingerprint density at radius 3 is 2.37 bits per heavy atom. The van der Waals surface area contributed by atoms with Gasteiger partial charge in [0.2, 0.25) is 0 Å². The molecule has 2 aromatic carbocycles. The van der Waals surface area contributed by atoms with Crippen LogP contribution in [0.25, 0.3) is 0 Å². The Morgan fingerprint density at radius 2 is 1.76 bits per heavy atom. The first-order chi connectivity index (χ1) is 17.9. The second kappa shape index (κ2) is 10.6. The summed E-state index contributed by atoms with van der Waals surface area (Å²) in [7, 11) is -4.69. The number of carbonyl (C=O) groups excluding carboxylic acids is 3. The average Bonchev–Trinajstić information content (AvgIpc) is 2.89. The second-order valence-corrected chi connectivity index (χ2v) is 10.5. The van der Waals surface area contributed by atoms with Crippen LogP contribution in [0.1, 0.15) is 15.9 Å². The van der Waals surface area contributed by atoms with Crippen LogP contribution in [-0.2, 0) is 35.2 Å². The minimum Gasteiger partial charge on any atom is -0.497 e. The zero-order valence-corrected chi connectivity index (χ0v) is 21.1. The number of ether oxygens (including phenoxy) is 2. The van der Waals surface area contributed by atoms with Crippen molar-refractivity contribution in [1.29, 1.82) is 0 Å². The van der Waals surface area contributed by atoms with Gasteiger partial charge in [-0.25, -0.2) is 4.79 Å². The van der Waals surface area contributed by atoms with E-state index in [9.17, 15) is 36.0 Å². The van der Waals surface area contributed by atoms with Crippen molar-refractivity contribution in [3.05, 3.63) is 77.2 Å². The number of halogens is 3. The van der Waals surface area contributed by atoms with Gasteiger partial charge in [-0.15, -0.1) is 11.8 Å². The van der Waals surface area contributed by atoms with Gasteiger partial charge < -0.3 is 19.0 Å². The molecule has 2 aliphatic rings. The number of hydrogen-bond acceptors (Lipinski definition) is 9. The number of benzene rings is 2. The lowest BCUT2D eigenvalue weighted by Gasteiger charge is -2.49. The van der Waals surface area contributed by atoms with Crippen molar-refractivity contribution >= 4 is 39.7 Å². The maximum atomic E-state index is 13.0. The van der Waals surface area contributed by atoms with Crippen molar-refractivity contribution in [1.82, 2.24) is 10.2 Å². The van der Waals surface area contributed by atoms with E-state index in [0.29, 0.717) is 11.3 Å². The largest absolute Gasteiger partial charge is 0.534 e. The van der Waals surface area contributed by atoms with Crippen LogP contribution in [0.15, 0.2) is 66.1 Å². The van der Waals surface area contributed by atoms with E-state index >= 15 is 0 Å². The lowest BCUT2D eigenvalue weighted by atomic mass is 10.0. The summed E-state index contributed by atoms with van der Waals surface area (Å²) < 4.78 is 76.7. The maximum absolute atomic E-state index is 13.0. The fraction of sp³-hybridized carbons (Fsp3) is 0.261. The molecule has 38 heavy (non-hydrogen) atoms. The number of methoxy groups -OCH3 is 1. The van der Waals surface area contributed by atoms with Gasteiger partial charge in [-0.2, -0.15) is 21.6 Å². The first kappa shape index (κ1) is 27.3. The monoisotopic (exact) mass is 572 g/mol. The molecule has 0 aliphatic carbocycles. The van der Waals surface area contributed by atoms with Crippen LogP contribution in [-0.4, -0.2) is 60.9 Å². The van der Waals surface area contributed by atoms with Crippen LogP contribution in [0.3, 0.4) is 0 Å². The Morgan fingerprint density at radius 1 is 1.11 bits per heavy atom. The van der Waals surface area contributed by atoms with E-state index in [1.807, 2.05) is 0 Å². The van der Waals surface area contributed by atoms with Crippen LogP contribution < -0.4 is 10.1 Å². The highest BCUT2D eigenvalue weighted by Gasteiger charge is 2.57. The van der Waals surface area contributed by atoms with Gasteiger partial charge in [-0.05, 0) is 29.8 Å². The second-order valence-electron chi connectivity index (χ2n) is 7.91. The van der Waals surface area contributed by atoms with Gasteiger partial charge >= 0.3 is 21.6 Å². The van der Waals surface area contributed by atoms with Crippen LogP contribution in [0.5, 0.6) is 5.75 Å². The van der Waals surface area contributed by atoms with E-state index in [1.54, 1.807) is 42.5 Å². The Bertz CT molecular complexity index is 1380. The number of rotatable bonds is 8. The molecule has 0 unspecified atom stereocenters. The number of esters is 1. The van der Waals surface area contributed by atoms with E-state index in [0.717, 1.165) is 16.7 Å². The minimum atomic E-state index is -6.14. The van der Waals surface area contributed by atoms with Gasteiger partial charge in [0.1, 0.15) is 23.8 Å². The topological polar surface area (TPSA) is 128 Å². The van der Waals surface area contributed by atoms with Gasteiger partial charge in [0, 0.05) is 5.56 Å². The molecule has 0 saturated carbocycles. The number of carbonyl (C=O) groups is 3. The quantitative estimate of drug-likeness (QED) is 0.220. The van der Waals surface area contributed by atoms with Crippen molar-refractivity contribution in [3.8, 4) is 5.75 Å². The molecular formula is C23H19F3N2O8S2. The molecule has 2 heterocycles. The van der Waals surface area contributed by atoms with E-state index in [1.165, 1.54) is 19.2 Å². The summed E-state index contributed by atoms with van der Waals surface area (Å²) in [4.78, 5) is 39.2. The average molecular weight is 573 g/mol. The number of nitrogens with one attached hydrogen (secondary N) is 1. The lowest BCUT2D eigenvalue weighted by molar-refractivity contribution is -0.152. The van der Waals surface area contributed by atoms with Crippen molar-refractivity contribution in [2.75, 3.05) is 12.9 Å². The molecule has 15 heteroatoms. The number of β-lactam (4-membered cyclic amide) rings is 1. The molecule has 202 valence electrons. The lowest BCUT2D eigenvalue weighted by Crippen LogP contribution is -2.70. The molecule has 0 radical (unpaired) electrons. The Kier molecular flexibility index (Phi) is 7.60. The predicted octanol–water partition coefficient (Wildman–Crippen LogP) is 2.53. The summed E-state index contributed by atoms with van der Waals surface area (Å²) in [5.41, 5.74) is -5.82. The summed E-state index contributed by atoms with van der Waals surface area (Å²) in [6, 6.07) is 13.1. The van der Waals surface area contributed by atoms with Gasteiger partial charge in [-0.3, -0.25) is 14.5 Å². The molecular weight excluding hydrogens is 553 g/mol. The van der Waals surface area contributed by atoms with Crippen molar-refractivity contribution < 1.29 is 49.6 Å². The Balaban J connectivity index is 1.58. The van der Waals surface area contributed by atoms with Crippen LogP contribution in [0, 0.1) is 0 Å². The standard InChI is InChI=1S/C23H19F3N2O8S2/c1-34-15-9-7-13(8-10-15)11-35-22(31)18-16(36-38(32,33)23(24,25)26)12-37-21-17(20(30)28(18)21)27-19(29)14-5-3-2-4-6-14/h2-10,17,21H,11-12H2,1H3,(H,27,29)/t17-,21-/m1/s1. The Hall–Kier alpha value is -3.72. The first-order valence-corrected chi connectivity index (χ1v) is 13.2. The minimum absolute atomic E-state index is 0.259. The number of hydrogen-bond donors (Lipinski definition) is 1. The van der Waals surface area contributed by atoms with Crippen LogP contribution >= 0.6 is 11.8 Å². The van der Waals surface area contributed by atoms with Crippen molar-refractivity contribution in [3.63, 3.8) is 0 Å². The molecule has 4 rings (SSSR count). The summed E-state index contributed by atoms with van der Waals surface area (Å²) in [5, 5.41) is 1.60. The molecule has 2 amide bonds. The Labute approximate surface area is 218 Å². The highest BCUT2D eigenvalue weighted by atomic mass is 32.2. The fourth-order valence-electron chi connectivity index (χ4n) is 3.58. The zero-order chi connectivity index (χ0) is 27.7. The van der Waals surface area contributed by atoms with E-state index in [2.05, 4.69) is 9.50 Å². The van der Waals surface area contributed by atoms with E-state index in [-0.39, 0.29) is 12.2 Å². The van der Waals surface area contributed by atoms with Gasteiger partial charge in [0.15, 0.2) is 11.5 Å². The maximum Gasteiger partial charge on any atom is 0.534 e. The molecule has 1 N–H and O–H groups in total. The molecule has 2 aliphatic heterocycles. The summed E-state index contributed by atoms with van der Waals surface area (Å²) in [6.45, 7) is -0.348. The number of nitrogens with zero attached hydrogens (tertiary/aromatic N) is 1. The summed E-state index contributed by atoms with van der Waals surface area (Å²) in [6.07, 6.45) is 0. The van der Waals surface area contributed by atoms with Crippen LogP contribution in [0.4, 0.5) is 13.2 Å². The SMILES string of the molecule is COc1ccc(COC(=O)C2=C(OS(=O)(=O)C(F)(F)F)CS[C@@H]3[C@H](NC(=O)c4ccccc4)C(=O)N23)cc1. The highest BCUT2D eigenvalue weighted by Crippen LogP contribution is 2.42. The number of thioether (sulfide) groups is 1. The highest BCUT2D eigenvalue weighted by molar-refractivity contribution is 8.00. The third-order valence-electron chi connectivity index (χ3n) is 5.47. The third kappa shape index (κ3) is 5.43. The molecule has 1 fully saturated rings. The molecule has 10 nitrogen and oxygen atoms in total. The van der Waals surface area contributed by atoms with Gasteiger partial charge in [-0.1, -0.05) is 30.3 Å². The normalized spacial score (nSPS) is 19.3. The zero-order valence-electron chi connectivity index (χ0n) is 19.4. The number of fused-ring (bicyclic) bond motifs is 1.